The van der Waals surface area contributed by atoms with Crippen LogP contribution in [0.15, 0.2) is 41.2 Å². The van der Waals surface area contributed by atoms with E-state index in [4.69, 9.17) is 0 Å². The van der Waals surface area contributed by atoms with E-state index in [1.807, 2.05) is 13.1 Å². The molecule has 1 aliphatic rings. The number of hydrogen-bond donors (Lipinski definition) is 1. The van der Waals surface area contributed by atoms with Gasteiger partial charge in [0.2, 0.25) is 16.0 Å². The number of aromatic nitrogens is 3. The lowest BCUT2D eigenvalue weighted by Gasteiger charge is -2.32. The SMILES string of the molecule is CCCc1cc(=O)n2nc(N(C)CC(=O)NC3CCN(Cc4ccccc4)CC3)sc2n1. The summed E-state index contributed by atoms with van der Waals surface area (Å²) >= 11 is 1.33. The number of anilines is 1. The van der Waals surface area contributed by atoms with Gasteiger partial charge in [0.15, 0.2) is 0 Å². The van der Waals surface area contributed by atoms with Crippen LogP contribution in [0, 0.1) is 0 Å². The van der Waals surface area contributed by atoms with E-state index in [-0.39, 0.29) is 24.1 Å². The predicted molar refractivity (Wildman–Crippen MR) is 127 cm³/mol. The van der Waals surface area contributed by atoms with Crippen LogP contribution in [-0.2, 0) is 17.8 Å². The van der Waals surface area contributed by atoms with Crippen LogP contribution in [0.4, 0.5) is 5.13 Å². The van der Waals surface area contributed by atoms with Crippen LogP contribution in [0.2, 0.25) is 0 Å². The molecule has 2 aromatic heterocycles. The number of hydrogen-bond acceptors (Lipinski definition) is 7. The maximum absolute atomic E-state index is 12.6. The molecule has 0 radical (unpaired) electrons. The fourth-order valence-electron chi connectivity index (χ4n) is 4.02. The first-order valence-electron chi connectivity index (χ1n) is 11.2. The predicted octanol–water partition coefficient (Wildman–Crippen LogP) is 2.32. The molecule has 0 bridgehead atoms. The molecule has 32 heavy (non-hydrogen) atoms. The number of nitrogens with zero attached hydrogens (tertiary/aromatic N) is 5. The first kappa shape index (κ1) is 22.4. The molecule has 4 rings (SSSR count). The summed E-state index contributed by atoms with van der Waals surface area (Å²) in [6, 6.07) is 12.2. The van der Waals surface area contributed by atoms with Crippen molar-refractivity contribution in [2.24, 2.45) is 0 Å². The largest absolute Gasteiger partial charge is 0.352 e. The van der Waals surface area contributed by atoms with E-state index < -0.39 is 0 Å². The fourth-order valence-corrected chi connectivity index (χ4v) is 4.90. The van der Waals surface area contributed by atoms with Crippen LogP contribution < -0.4 is 15.8 Å². The van der Waals surface area contributed by atoms with Crippen molar-refractivity contribution >= 4 is 27.3 Å². The number of piperidine rings is 1. The van der Waals surface area contributed by atoms with Gasteiger partial charge in [-0.25, -0.2) is 4.98 Å². The lowest BCUT2D eigenvalue weighted by atomic mass is 10.0. The molecule has 0 spiro atoms. The molecule has 1 saturated heterocycles. The summed E-state index contributed by atoms with van der Waals surface area (Å²) in [6.45, 7) is 5.15. The van der Waals surface area contributed by atoms with Gasteiger partial charge in [-0.2, -0.15) is 4.52 Å². The van der Waals surface area contributed by atoms with Gasteiger partial charge in [0.05, 0.1) is 6.54 Å². The zero-order chi connectivity index (χ0) is 22.5. The third-order valence-electron chi connectivity index (χ3n) is 5.70. The van der Waals surface area contributed by atoms with Crippen LogP contribution in [-0.4, -0.2) is 58.1 Å². The van der Waals surface area contributed by atoms with Crippen molar-refractivity contribution in [1.82, 2.24) is 24.8 Å². The molecular weight excluding hydrogens is 424 g/mol. The monoisotopic (exact) mass is 454 g/mol. The van der Waals surface area contributed by atoms with Crippen LogP contribution >= 0.6 is 11.3 Å². The Bertz CT molecular complexity index is 1100. The Hall–Kier alpha value is -2.78. The summed E-state index contributed by atoms with van der Waals surface area (Å²) in [5.74, 6) is -0.0276. The third kappa shape index (κ3) is 5.52. The summed E-state index contributed by atoms with van der Waals surface area (Å²) in [5, 5.41) is 8.13. The number of likely N-dealkylation sites (N-methyl/N-ethyl adjacent to an activating group) is 1. The Morgan fingerprint density at radius 2 is 2.00 bits per heavy atom. The Kier molecular flexibility index (Phi) is 7.16. The second kappa shape index (κ2) is 10.2. The molecule has 9 heteroatoms. The molecule has 1 N–H and O–H groups in total. The number of amides is 1. The molecule has 3 aromatic rings. The number of nitrogens with one attached hydrogen (secondary N) is 1. The molecule has 0 aliphatic carbocycles. The molecule has 1 aromatic carbocycles. The third-order valence-corrected chi connectivity index (χ3v) is 6.73. The molecule has 1 fully saturated rings. The van der Waals surface area contributed by atoms with E-state index in [1.165, 1.54) is 27.5 Å². The molecule has 0 atom stereocenters. The van der Waals surface area contributed by atoms with Gasteiger partial charge in [-0.3, -0.25) is 14.5 Å². The van der Waals surface area contributed by atoms with Crippen molar-refractivity contribution in [2.75, 3.05) is 31.6 Å². The minimum absolute atomic E-state index is 0.0276. The molecule has 1 aliphatic heterocycles. The van der Waals surface area contributed by atoms with Gasteiger partial charge >= 0.3 is 0 Å². The molecule has 1 amide bonds. The Morgan fingerprint density at radius 3 is 2.72 bits per heavy atom. The van der Waals surface area contributed by atoms with E-state index >= 15 is 0 Å². The minimum Gasteiger partial charge on any atom is -0.352 e. The van der Waals surface area contributed by atoms with Gasteiger partial charge in [-0.05, 0) is 24.8 Å². The molecule has 8 nitrogen and oxygen atoms in total. The lowest BCUT2D eigenvalue weighted by Crippen LogP contribution is -2.46. The quantitative estimate of drug-likeness (QED) is 0.563. The van der Waals surface area contributed by atoms with Crippen molar-refractivity contribution in [3.8, 4) is 0 Å². The molecule has 0 saturated carbocycles. The van der Waals surface area contributed by atoms with Crippen LogP contribution in [0.3, 0.4) is 0 Å². The topological polar surface area (TPSA) is 82.8 Å². The highest BCUT2D eigenvalue weighted by atomic mass is 32.1. The van der Waals surface area contributed by atoms with Gasteiger partial charge in [0.1, 0.15) is 0 Å². The molecular formula is C23H30N6O2S. The second-order valence-electron chi connectivity index (χ2n) is 8.37. The van der Waals surface area contributed by atoms with E-state index in [2.05, 4.69) is 51.5 Å². The summed E-state index contributed by atoms with van der Waals surface area (Å²) in [7, 11) is 1.82. The molecule has 0 unspecified atom stereocenters. The van der Waals surface area contributed by atoms with Crippen molar-refractivity contribution < 1.29 is 4.79 Å². The molecule has 170 valence electrons. The van der Waals surface area contributed by atoms with Gasteiger partial charge in [0.25, 0.3) is 5.56 Å². The summed E-state index contributed by atoms with van der Waals surface area (Å²) in [5.41, 5.74) is 1.93. The van der Waals surface area contributed by atoms with Crippen LogP contribution in [0.5, 0.6) is 0 Å². The zero-order valence-electron chi connectivity index (χ0n) is 18.7. The van der Waals surface area contributed by atoms with E-state index in [0.717, 1.165) is 51.0 Å². The fraction of sp³-hybridized carbons (Fsp3) is 0.478. The highest BCUT2D eigenvalue weighted by Gasteiger charge is 2.22. The Balaban J connectivity index is 1.29. The van der Waals surface area contributed by atoms with Crippen LogP contribution in [0.1, 0.15) is 37.4 Å². The molecule has 3 heterocycles. The maximum atomic E-state index is 12.6. The minimum atomic E-state index is -0.180. The average Bonchev–Trinajstić information content (AvgIpc) is 3.21. The maximum Gasteiger partial charge on any atom is 0.275 e. The summed E-state index contributed by atoms with van der Waals surface area (Å²) in [6.07, 6.45) is 3.59. The summed E-state index contributed by atoms with van der Waals surface area (Å²) in [4.78, 5) is 34.2. The van der Waals surface area contributed by atoms with Gasteiger partial charge < -0.3 is 10.2 Å². The van der Waals surface area contributed by atoms with Crippen molar-refractivity contribution in [3.05, 3.63) is 58.0 Å². The van der Waals surface area contributed by atoms with Gasteiger partial charge in [-0.1, -0.05) is 55.0 Å². The highest BCUT2D eigenvalue weighted by Crippen LogP contribution is 2.20. The highest BCUT2D eigenvalue weighted by molar-refractivity contribution is 7.20. The Labute approximate surface area is 191 Å². The number of aryl methyl sites for hydroxylation is 1. The first-order valence-corrected chi connectivity index (χ1v) is 12.0. The van der Waals surface area contributed by atoms with Gasteiger partial charge in [0, 0.05) is 44.5 Å². The number of fused-ring (bicyclic) bond motifs is 1. The lowest BCUT2D eigenvalue weighted by molar-refractivity contribution is -0.120. The normalized spacial score (nSPS) is 15.2. The number of rotatable bonds is 8. The van der Waals surface area contributed by atoms with Crippen LogP contribution in [0.25, 0.3) is 4.96 Å². The first-order chi connectivity index (χ1) is 15.5. The zero-order valence-corrected chi connectivity index (χ0v) is 19.5. The number of carbonyl (C=O) groups is 1. The number of benzene rings is 1. The van der Waals surface area contributed by atoms with Gasteiger partial charge in [-0.15, -0.1) is 5.10 Å². The smallest absolute Gasteiger partial charge is 0.275 e. The van der Waals surface area contributed by atoms with Crippen molar-refractivity contribution in [3.63, 3.8) is 0 Å². The summed E-state index contributed by atoms with van der Waals surface area (Å²) < 4.78 is 1.32. The second-order valence-corrected chi connectivity index (χ2v) is 9.31. The Morgan fingerprint density at radius 1 is 1.25 bits per heavy atom. The van der Waals surface area contributed by atoms with E-state index in [1.54, 1.807) is 4.90 Å². The van der Waals surface area contributed by atoms with E-state index in [9.17, 15) is 9.59 Å². The average molecular weight is 455 g/mol. The standard InChI is InChI=1S/C23H30N6O2S/c1-3-7-19-14-21(31)29-22(25-19)32-23(26-29)27(2)16-20(30)24-18-10-12-28(13-11-18)15-17-8-5-4-6-9-17/h4-6,8-9,14,18H,3,7,10-13,15-16H2,1-2H3,(H,24,30). The van der Waals surface area contributed by atoms with E-state index in [0.29, 0.717) is 10.1 Å². The number of likely N-dealkylation sites (tertiary alicyclic amines) is 1. The number of carbonyl (C=O) groups excluding carboxylic acids is 1. The van der Waals surface area contributed by atoms with Crippen molar-refractivity contribution in [2.45, 2.75) is 45.2 Å². The van der Waals surface area contributed by atoms with Crippen molar-refractivity contribution in [1.29, 1.82) is 0 Å².